The third kappa shape index (κ3) is 3.63. The highest BCUT2D eigenvalue weighted by Gasteiger charge is 2.19. The van der Waals surface area contributed by atoms with Crippen LogP contribution in [0.5, 0.6) is 0 Å². The van der Waals surface area contributed by atoms with E-state index in [9.17, 15) is 4.79 Å². The molecular weight excluding hydrogens is 282 g/mol. The molecule has 2 aromatic heterocycles. The summed E-state index contributed by atoms with van der Waals surface area (Å²) in [6.45, 7) is 4.15. The lowest BCUT2D eigenvalue weighted by Gasteiger charge is -2.24. The fourth-order valence-corrected chi connectivity index (χ4v) is 2.77. The summed E-state index contributed by atoms with van der Waals surface area (Å²) in [5.41, 5.74) is 0. The van der Waals surface area contributed by atoms with Crippen LogP contribution in [0.4, 0.5) is 4.79 Å². The van der Waals surface area contributed by atoms with Crippen LogP contribution in [-0.2, 0) is 19.5 Å². The molecule has 0 aliphatic carbocycles. The predicted octanol–water partition coefficient (Wildman–Crippen LogP) is 0.425. The number of nitrogens with zero attached hydrogens (tertiary/aromatic N) is 5. The van der Waals surface area contributed by atoms with Crippen molar-refractivity contribution in [2.24, 2.45) is 5.92 Å². The zero-order valence-corrected chi connectivity index (χ0v) is 12.6. The monoisotopic (exact) mass is 303 g/mol. The molecule has 2 N–H and O–H groups in total. The second kappa shape index (κ2) is 6.59. The molecule has 0 fully saturated rings. The summed E-state index contributed by atoms with van der Waals surface area (Å²) >= 11 is 0. The average Bonchev–Trinajstić information content (AvgIpc) is 3.15. The summed E-state index contributed by atoms with van der Waals surface area (Å²) in [6.07, 6.45) is 9.00. The largest absolute Gasteiger partial charge is 0.338 e. The van der Waals surface area contributed by atoms with E-state index >= 15 is 0 Å². The SMILES string of the molecule is CC(Cn1cncn1)NC(=O)NCC1CCc2nccn2C1. The van der Waals surface area contributed by atoms with E-state index in [-0.39, 0.29) is 12.1 Å². The number of hydrogen-bond acceptors (Lipinski definition) is 4. The number of nitrogens with one attached hydrogen (secondary N) is 2. The maximum absolute atomic E-state index is 11.9. The minimum absolute atomic E-state index is 0.00620. The van der Waals surface area contributed by atoms with Crippen LogP contribution in [0.3, 0.4) is 0 Å². The van der Waals surface area contributed by atoms with Gasteiger partial charge in [0.2, 0.25) is 0 Å². The summed E-state index contributed by atoms with van der Waals surface area (Å²) in [5.74, 6) is 1.60. The Morgan fingerprint density at radius 3 is 3.27 bits per heavy atom. The van der Waals surface area contributed by atoms with E-state index in [0.717, 1.165) is 25.2 Å². The molecule has 8 nitrogen and oxygen atoms in total. The summed E-state index contributed by atoms with van der Waals surface area (Å²) < 4.78 is 3.87. The molecule has 3 heterocycles. The van der Waals surface area contributed by atoms with E-state index in [1.807, 2.05) is 19.3 Å². The number of fused-ring (bicyclic) bond motifs is 1. The molecule has 0 aromatic carbocycles. The molecule has 0 radical (unpaired) electrons. The van der Waals surface area contributed by atoms with Gasteiger partial charge in [0, 0.05) is 37.9 Å². The molecule has 0 bridgehead atoms. The molecule has 8 heteroatoms. The van der Waals surface area contributed by atoms with Gasteiger partial charge in [0.15, 0.2) is 0 Å². The van der Waals surface area contributed by atoms with Crippen molar-refractivity contribution in [1.29, 1.82) is 0 Å². The zero-order valence-electron chi connectivity index (χ0n) is 12.6. The molecule has 2 atom stereocenters. The number of carbonyl (C=O) groups is 1. The maximum atomic E-state index is 11.9. The smallest absolute Gasteiger partial charge is 0.315 e. The van der Waals surface area contributed by atoms with Crippen LogP contribution >= 0.6 is 0 Å². The predicted molar refractivity (Wildman–Crippen MR) is 80.1 cm³/mol. The van der Waals surface area contributed by atoms with Crippen LogP contribution in [0, 0.1) is 5.92 Å². The van der Waals surface area contributed by atoms with Gasteiger partial charge in [0.1, 0.15) is 18.5 Å². The Hall–Kier alpha value is -2.38. The number of urea groups is 1. The van der Waals surface area contributed by atoms with E-state index in [4.69, 9.17) is 0 Å². The van der Waals surface area contributed by atoms with E-state index in [0.29, 0.717) is 19.0 Å². The Morgan fingerprint density at radius 2 is 2.45 bits per heavy atom. The van der Waals surface area contributed by atoms with Gasteiger partial charge in [-0.2, -0.15) is 5.10 Å². The van der Waals surface area contributed by atoms with Crippen molar-refractivity contribution in [3.05, 3.63) is 30.9 Å². The quantitative estimate of drug-likeness (QED) is 0.838. The van der Waals surface area contributed by atoms with Crippen molar-refractivity contribution in [1.82, 2.24) is 34.9 Å². The van der Waals surface area contributed by atoms with Gasteiger partial charge in [-0.1, -0.05) is 0 Å². The molecule has 22 heavy (non-hydrogen) atoms. The second-order valence-electron chi connectivity index (χ2n) is 5.77. The summed E-state index contributed by atoms with van der Waals surface area (Å²) in [5, 5.41) is 9.90. The molecule has 3 rings (SSSR count). The van der Waals surface area contributed by atoms with E-state index < -0.39 is 0 Å². The summed E-state index contributed by atoms with van der Waals surface area (Å²) in [4.78, 5) is 20.1. The first-order chi connectivity index (χ1) is 10.7. The number of aryl methyl sites for hydroxylation is 1. The highest BCUT2D eigenvalue weighted by Crippen LogP contribution is 2.17. The van der Waals surface area contributed by atoms with Crippen LogP contribution in [0.15, 0.2) is 25.0 Å². The number of hydrogen-bond donors (Lipinski definition) is 2. The van der Waals surface area contributed by atoms with Crippen molar-refractivity contribution in [2.75, 3.05) is 6.54 Å². The minimum Gasteiger partial charge on any atom is -0.338 e. The molecule has 0 saturated heterocycles. The molecule has 0 spiro atoms. The normalized spacial score (nSPS) is 18.5. The van der Waals surface area contributed by atoms with Gasteiger partial charge < -0.3 is 15.2 Å². The van der Waals surface area contributed by atoms with Crippen LogP contribution in [0.1, 0.15) is 19.2 Å². The number of carbonyl (C=O) groups excluding carboxylic acids is 1. The van der Waals surface area contributed by atoms with Crippen molar-refractivity contribution in [3.63, 3.8) is 0 Å². The first kappa shape index (κ1) is 14.6. The molecule has 1 aliphatic rings. The van der Waals surface area contributed by atoms with Crippen molar-refractivity contribution >= 4 is 6.03 Å². The van der Waals surface area contributed by atoms with E-state index in [1.165, 1.54) is 6.33 Å². The average molecular weight is 303 g/mol. The fraction of sp³-hybridized carbons (Fsp3) is 0.571. The minimum atomic E-state index is -0.135. The van der Waals surface area contributed by atoms with Gasteiger partial charge in [-0.05, 0) is 19.3 Å². The van der Waals surface area contributed by atoms with Crippen LogP contribution < -0.4 is 10.6 Å². The number of rotatable bonds is 5. The molecule has 2 aromatic rings. The van der Waals surface area contributed by atoms with E-state index in [2.05, 4.69) is 30.3 Å². The first-order valence-corrected chi connectivity index (χ1v) is 7.57. The lowest BCUT2D eigenvalue weighted by atomic mass is 9.99. The Kier molecular flexibility index (Phi) is 4.36. The fourth-order valence-electron chi connectivity index (χ4n) is 2.77. The Bertz CT molecular complexity index is 606. The first-order valence-electron chi connectivity index (χ1n) is 7.57. The second-order valence-corrected chi connectivity index (χ2v) is 5.77. The third-order valence-electron chi connectivity index (χ3n) is 3.89. The van der Waals surface area contributed by atoms with Crippen molar-refractivity contribution in [2.45, 2.75) is 38.9 Å². The van der Waals surface area contributed by atoms with Gasteiger partial charge >= 0.3 is 6.03 Å². The number of imidazole rings is 1. The Balaban J connectivity index is 1.39. The summed E-state index contributed by atoms with van der Waals surface area (Å²) in [6, 6.07) is -0.141. The Morgan fingerprint density at radius 1 is 1.55 bits per heavy atom. The Labute approximate surface area is 128 Å². The van der Waals surface area contributed by atoms with Gasteiger partial charge in [-0.25, -0.2) is 14.8 Å². The molecule has 2 unspecified atom stereocenters. The number of aromatic nitrogens is 5. The van der Waals surface area contributed by atoms with Gasteiger partial charge in [0.25, 0.3) is 0 Å². The van der Waals surface area contributed by atoms with Gasteiger partial charge in [-0.3, -0.25) is 4.68 Å². The van der Waals surface area contributed by atoms with Crippen molar-refractivity contribution < 1.29 is 4.79 Å². The topological polar surface area (TPSA) is 89.7 Å². The van der Waals surface area contributed by atoms with Crippen LogP contribution in [0.25, 0.3) is 0 Å². The molecule has 2 amide bonds. The third-order valence-corrected chi connectivity index (χ3v) is 3.89. The lowest BCUT2D eigenvalue weighted by molar-refractivity contribution is 0.231. The maximum Gasteiger partial charge on any atom is 0.315 e. The number of amides is 2. The highest BCUT2D eigenvalue weighted by molar-refractivity contribution is 5.74. The molecule has 118 valence electrons. The molecular formula is C14H21N7O. The lowest BCUT2D eigenvalue weighted by Crippen LogP contribution is -2.44. The van der Waals surface area contributed by atoms with E-state index in [1.54, 1.807) is 11.0 Å². The molecule has 0 saturated carbocycles. The van der Waals surface area contributed by atoms with Gasteiger partial charge in [0.05, 0.1) is 6.54 Å². The zero-order chi connectivity index (χ0) is 15.4. The highest BCUT2D eigenvalue weighted by atomic mass is 16.2. The van der Waals surface area contributed by atoms with Crippen LogP contribution in [0.2, 0.25) is 0 Å². The standard InChI is InChI=1S/C14H21N7O/c1-11(7-21-10-15-9-18-21)19-14(22)17-6-12-2-3-13-16-4-5-20(13)8-12/h4-5,9-12H,2-3,6-8H2,1H3,(H2,17,19,22). The summed E-state index contributed by atoms with van der Waals surface area (Å²) in [7, 11) is 0. The molecule has 1 aliphatic heterocycles. The van der Waals surface area contributed by atoms with Gasteiger partial charge in [-0.15, -0.1) is 0 Å². The van der Waals surface area contributed by atoms with Crippen LogP contribution in [-0.4, -0.2) is 42.9 Å². The van der Waals surface area contributed by atoms with Crippen molar-refractivity contribution in [3.8, 4) is 0 Å².